The second-order valence-electron chi connectivity index (χ2n) is 4.76. The topological polar surface area (TPSA) is 46.6 Å². The number of carbonyl (C=O) groups is 2. The van der Waals surface area contributed by atoms with E-state index in [1.54, 1.807) is 0 Å². The van der Waals surface area contributed by atoms with Crippen molar-refractivity contribution in [3.8, 4) is 0 Å². The number of ether oxygens (including phenoxy) is 1. The summed E-state index contributed by atoms with van der Waals surface area (Å²) in [6.07, 6.45) is 7.53. The number of hydrogen-bond donors (Lipinski definition) is 0. The second-order valence-corrected chi connectivity index (χ2v) is 4.76. The predicted octanol–water partition coefficient (Wildman–Crippen LogP) is 3.15. The van der Waals surface area contributed by atoms with E-state index in [0.29, 0.717) is 12.8 Å². The van der Waals surface area contributed by atoms with Crippen LogP contribution in [0, 0.1) is 0 Å². The molecule has 0 spiro atoms. The number of esters is 1. The molecule has 0 aliphatic heterocycles. The fourth-order valence-corrected chi connectivity index (χ4v) is 2.09. The standard InChI is InChI=1S/C15H29NO3/c1-4-16(5-2)14(17)12-10-8-6-7-9-11-13-15(18)19-3/h4-13H2,1-3H3. The summed E-state index contributed by atoms with van der Waals surface area (Å²) in [5.74, 6) is 0.153. The number of methoxy groups -OCH3 is 1. The Morgan fingerprint density at radius 2 is 1.32 bits per heavy atom. The van der Waals surface area contributed by atoms with Gasteiger partial charge in [-0.3, -0.25) is 9.59 Å². The largest absolute Gasteiger partial charge is 0.469 e. The van der Waals surface area contributed by atoms with Crippen LogP contribution >= 0.6 is 0 Å². The van der Waals surface area contributed by atoms with Gasteiger partial charge in [0.1, 0.15) is 0 Å². The molecule has 0 saturated heterocycles. The molecule has 1 amide bonds. The molecule has 4 nitrogen and oxygen atoms in total. The Hall–Kier alpha value is -1.06. The van der Waals surface area contributed by atoms with Gasteiger partial charge >= 0.3 is 5.97 Å². The molecule has 112 valence electrons. The van der Waals surface area contributed by atoms with E-state index < -0.39 is 0 Å². The summed E-state index contributed by atoms with van der Waals surface area (Å²) in [6.45, 7) is 5.65. The lowest BCUT2D eigenvalue weighted by Gasteiger charge is -2.18. The van der Waals surface area contributed by atoms with Crippen LogP contribution in [-0.2, 0) is 14.3 Å². The highest BCUT2D eigenvalue weighted by Crippen LogP contribution is 2.10. The van der Waals surface area contributed by atoms with Crippen LogP contribution in [0.1, 0.15) is 65.2 Å². The summed E-state index contributed by atoms with van der Waals surface area (Å²) in [4.78, 5) is 24.5. The number of hydrogen-bond acceptors (Lipinski definition) is 3. The molecule has 0 aliphatic carbocycles. The lowest BCUT2D eigenvalue weighted by atomic mass is 10.1. The van der Waals surface area contributed by atoms with Crippen molar-refractivity contribution in [2.24, 2.45) is 0 Å². The van der Waals surface area contributed by atoms with Crippen molar-refractivity contribution in [2.45, 2.75) is 65.2 Å². The predicted molar refractivity (Wildman–Crippen MR) is 76.9 cm³/mol. The summed E-state index contributed by atoms with van der Waals surface area (Å²) in [6, 6.07) is 0. The maximum Gasteiger partial charge on any atom is 0.305 e. The highest BCUT2D eigenvalue weighted by Gasteiger charge is 2.08. The number of carbonyl (C=O) groups excluding carboxylic acids is 2. The minimum atomic E-state index is -0.121. The van der Waals surface area contributed by atoms with E-state index in [-0.39, 0.29) is 11.9 Å². The minimum absolute atomic E-state index is 0.121. The number of unbranched alkanes of at least 4 members (excludes halogenated alkanes) is 5. The summed E-state index contributed by atoms with van der Waals surface area (Å²) in [5.41, 5.74) is 0. The molecule has 0 bridgehead atoms. The molecule has 0 aromatic carbocycles. The van der Waals surface area contributed by atoms with Gasteiger partial charge in [-0.05, 0) is 26.7 Å². The van der Waals surface area contributed by atoms with Crippen LogP contribution in [0.25, 0.3) is 0 Å². The molecule has 0 aromatic rings. The van der Waals surface area contributed by atoms with Crippen LogP contribution < -0.4 is 0 Å². The van der Waals surface area contributed by atoms with Crippen molar-refractivity contribution in [1.82, 2.24) is 4.90 Å². The second kappa shape index (κ2) is 12.0. The lowest BCUT2D eigenvalue weighted by molar-refractivity contribution is -0.140. The SMILES string of the molecule is CCN(CC)C(=O)CCCCCCCCC(=O)OC. The van der Waals surface area contributed by atoms with Gasteiger partial charge in [0.25, 0.3) is 0 Å². The summed E-state index contributed by atoms with van der Waals surface area (Å²) >= 11 is 0. The average molecular weight is 271 g/mol. The molecular formula is C15H29NO3. The van der Waals surface area contributed by atoms with Crippen LogP contribution in [0.5, 0.6) is 0 Å². The van der Waals surface area contributed by atoms with E-state index in [4.69, 9.17) is 0 Å². The number of rotatable bonds is 11. The van der Waals surface area contributed by atoms with Gasteiger partial charge in [0.05, 0.1) is 7.11 Å². The maximum atomic E-state index is 11.7. The Morgan fingerprint density at radius 3 is 1.79 bits per heavy atom. The third kappa shape index (κ3) is 9.51. The third-order valence-corrected chi connectivity index (χ3v) is 3.37. The smallest absolute Gasteiger partial charge is 0.305 e. The van der Waals surface area contributed by atoms with Crippen molar-refractivity contribution in [3.63, 3.8) is 0 Å². The van der Waals surface area contributed by atoms with Crippen molar-refractivity contribution < 1.29 is 14.3 Å². The van der Waals surface area contributed by atoms with Gasteiger partial charge in [-0.15, -0.1) is 0 Å². The molecule has 4 heteroatoms. The summed E-state index contributed by atoms with van der Waals surface area (Å²) in [5, 5.41) is 0. The van der Waals surface area contributed by atoms with Crippen molar-refractivity contribution in [1.29, 1.82) is 0 Å². The summed E-state index contributed by atoms with van der Waals surface area (Å²) < 4.78 is 4.58. The first-order chi connectivity index (χ1) is 9.15. The van der Waals surface area contributed by atoms with Gasteiger partial charge in [-0.25, -0.2) is 0 Å². The first kappa shape index (κ1) is 17.9. The monoisotopic (exact) mass is 271 g/mol. The fourth-order valence-electron chi connectivity index (χ4n) is 2.09. The average Bonchev–Trinajstić information content (AvgIpc) is 2.42. The quantitative estimate of drug-likeness (QED) is 0.428. The van der Waals surface area contributed by atoms with Gasteiger partial charge in [0, 0.05) is 25.9 Å². The normalized spacial score (nSPS) is 10.3. The van der Waals surface area contributed by atoms with Crippen molar-refractivity contribution in [3.05, 3.63) is 0 Å². The van der Waals surface area contributed by atoms with Crippen LogP contribution in [0.3, 0.4) is 0 Å². The molecular weight excluding hydrogens is 242 g/mol. The van der Waals surface area contributed by atoms with Crippen LogP contribution in [0.4, 0.5) is 0 Å². The van der Waals surface area contributed by atoms with Gasteiger partial charge in [0.15, 0.2) is 0 Å². The van der Waals surface area contributed by atoms with E-state index in [9.17, 15) is 9.59 Å². The fraction of sp³-hybridized carbons (Fsp3) is 0.867. The van der Waals surface area contributed by atoms with Gasteiger partial charge in [-0.1, -0.05) is 25.7 Å². The minimum Gasteiger partial charge on any atom is -0.469 e. The first-order valence-corrected chi connectivity index (χ1v) is 7.50. The van der Waals surface area contributed by atoms with E-state index in [1.165, 1.54) is 7.11 Å². The van der Waals surface area contributed by atoms with Crippen LogP contribution in [-0.4, -0.2) is 37.0 Å². The molecule has 0 unspecified atom stereocenters. The molecule has 0 heterocycles. The van der Waals surface area contributed by atoms with Gasteiger partial charge in [-0.2, -0.15) is 0 Å². The van der Waals surface area contributed by atoms with Crippen LogP contribution in [0.2, 0.25) is 0 Å². The van der Waals surface area contributed by atoms with E-state index in [1.807, 2.05) is 18.7 Å². The Kier molecular flexibility index (Phi) is 11.3. The number of amides is 1. The zero-order valence-electron chi connectivity index (χ0n) is 12.7. The third-order valence-electron chi connectivity index (χ3n) is 3.37. The molecule has 0 saturated carbocycles. The van der Waals surface area contributed by atoms with E-state index in [2.05, 4.69) is 4.74 Å². The van der Waals surface area contributed by atoms with E-state index in [0.717, 1.165) is 51.6 Å². The Labute approximate surface area is 117 Å². The van der Waals surface area contributed by atoms with Gasteiger partial charge < -0.3 is 9.64 Å². The number of nitrogens with zero attached hydrogens (tertiary/aromatic N) is 1. The molecule has 0 N–H and O–H groups in total. The highest BCUT2D eigenvalue weighted by molar-refractivity contribution is 5.76. The molecule has 0 atom stereocenters. The molecule has 0 fully saturated rings. The summed E-state index contributed by atoms with van der Waals surface area (Å²) in [7, 11) is 1.43. The lowest BCUT2D eigenvalue weighted by Crippen LogP contribution is -2.30. The maximum absolute atomic E-state index is 11.7. The van der Waals surface area contributed by atoms with E-state index >= 15 is 0 Å². The first-order valence-electron chi connectivity index (χ1n) is 7.50. The molecule has 0 aromatic heterocycles. The Morgan fingerprint density at radius 1 is 0.842 bits per heavy atom. The Balaban J connectivity index is 3.36. The molecule has 0 rings (SSSR count). The molecule has 19 heavy (non-hydrogen) atoms. The zero-order valence-corrected chi connectivity index (χ0v) is 12.7. The molecule has 0 aliphatic rings. The highest BCUT2D eigenvalue weighted by atomic mass is 16.5. The van der Waals surface area contributed by atoms with Crippen molar-refractivity contribution >= 4 is 11.9 Å². The Bertz CT molecular complexity index is 250. The van der Waals surface area contributed by atoms with Crippen molar-refractivity contribution in [2.75, 3.05) is 20.2 Å². The van der Waals surface area contributed by atoms with Crippen LogP contribution in [0.15, 0.2) is 0 Å². The molecule has 0 radical (unpaired) electrons. The van der Waals surface area contributed by atoms with Gasteiger partial charge in [0.2, 0.25) is 5.91 Å². The zero-order chi connectivity index (χ0) is 14.5.